The molecular weight excluding hydrogens is 424 g/mol. The third-order valence-electron chi connectivity index (χ3n) is 6.14. The highest BCUT2D eigenvalue weighted by Gasteiger charge is 2.13. The molecule has 0 spiro atoms. The highest BCUT2D eigenvalue weighted by molar-refractivity contribution is 5.76. The number of benzene rings is 3. The number of methoxy groups -OCH3 is 2. The quantitative estimate of drug-likeness (QED) is 0.237. The van der Waals surface area contributed by atoms with Gasteiger partial charge in [0.2, 0.25) is 0 Å². The van der Waals surface area contributed by atoms with Crippen LogP contribution >= 0.6 is 0 Å². The number of hydrogen-bond acceptors (Lipinski definition) is 4. The number of ether oxygens (including phenoxy) is 3. The Morgan fingerprint density at radius 1 is 0.853 bits per heavy atom. The molecule has 0 unspecified atom stereocenters. The van der Waals surface area contributed by atoms with Crippen LogP contribution in [0.2, 0.25) is 0 Å². The van der Waals surface area contributed by atoms with Crippen molar-refractivity contribution in [2.24, 2.45) is 0 Å². The van der Waals surface area contributed by atoms with Crippen molar-refractivity contribution in [1.29, 1.82) is 0 Å². The summed E-state index contributed by atoms with van der Waals surface area (Å²) in [4.78, 5) is 4.93. The Kier molecular flexibility index (Phi) is 7.73. The van der Waals surface area contributed by atoms with Crippen molar-refractivity contribution >= 4 is 11.0 Å². The maximum atomic E-state index is 5.97. The molecule has 4 rings (SSSR count). The summed E-state index contributed by atoms with van der Waals surface area (Å²) in [7, 11) is 3.32. The Bertz CT molecular complexity index is 1210. The molecule has 5 nitrogen and oxygen atoms in total. The molecule has 0 aliphatic heterocycles. The van der Waals surface area contributed by atoms with E-state index >= 15 is 0 Å². The van der Waals surface area contributed by atoms with Crippen LogP contribution in [0.5, 0.6) is 17.2 Å². The summed E-state index contributed by atoms with van der Waals surface area (Å²) in [6, 6.07) is 22.8. The van der Waals surface area contributed by atoms with E-state index in [0.717, 1.165) is 60.0 Å². The molecule has 1 aromatic heterocycles. The van der Waals surface area contributed by atoms with E-state index in [-0.39, 0.29) is 0 Å². The van der Waals surface area contributed by atoms with Gasteiger partial charge in [0.15, 0.2) is 11.5 Å². The monoisotopic (exact) mass is 458 g/mol. The van der Waals surface area contributed by atoms with Crippen LogP contribution in [0.3, 0.4) is 0 Å². The third kappa shape index (κ3) is 5.53. The summed E-state index contributed by atoms with van der Waals surface area (Å²) in [6.07, 6.45) is 2.73. The zero-order chi connectivity index (χ0) is 23.9. The molecular formula is C29H34N2O3. The molecule has 0 atom stereocenters. The van der Waals surface area contributed by atoms with Crippen LogP contribution in [0, 0.1) is 0 Å². The Hall–Kier alpha value is -3.47. The Labute approximate surface area is 202 Å². The smallest absolute Gasteiger partial charge is 0.161 e. The van der Waals surface area contributed by atoms with Crippen molar-refractivity contribution < 1.29 is 14.2 Å². The maximum Gasteiger partial charge on any atom is 0.161 e. The SMILES string of the molecule is COc1ccc(Cc2nc3ccccc3n2CCCCOc2ccc(C(C)C)cc2)cc1OC. The van der Waals surface area contributed by atoms with Gasteiger partial charge in [-0.2, -0.15) is 0 Å². The van der Waals surface area contributed by atoms with Crippen LogP contribution in [0.4, 0.5) is 0 Å². The molecule has 3 aromatic carbocycles. The van der Waals surface area contributed by atoms with Crippen molar-refractivity contribution in [2.75, 3.05) is 20.8 Å². The van der Waals surface area contributed by atoms with Gasteiger partial charge in [-0.05, 0) is 66.3 Å². The first-order chi connectivity index (χ1) is 16.6. The van der Waals surface area contributed by atoms with E-state index < -0.39 is 0 Å². The molecule has 34 heavy (non-hydrogen) atoms. The Balaban J connectivity index is 1.41. The fraction of sp³-hybridized carbons (Fsp3) is 0.345. The molecule has 0 saturated heterocycles. The van der Waals surface area contributed by atoms with Gasteiger partial charge in [-0.1, -0.05) is 44.2 Å². The Morgan fingerprint density at radius 3 is 2.35 bits per heavy atom. The Morgan fingerprint density at radius 2 is 1.62 bits per heavy atom. The second-order valence-corrected chi connectivity index (χ2v) is 8.81. The largest absolute Gasteiger partial charge is 0.494 e. The number of unbranched alkanes of at least 4 members (excludes halogenated alkanes) is 1. The molecule has 178 valence electrons. The van der Waals surface area contributed by atoms with Crippen molar-refractivity contribution in [2.45, 2.75) is 45.6 Å². The molecule has 0 fully saturated rings. The van der Waals surface area contributed by atoms with Gasteiger partial charge < -0.3 is 18.8 Å². The van der Waals surface area contributed by atoms with E-state index in [2.05, 4.69) is 66.9 Å². The van der Waals surface area contributed by atoms with E-state index in [1.807, 2.05) is 18.2 Å². The van der Waals surface area contributed by atoms with Crippen molar-refractivity contribution in [3.63, 3.8) is 0 Å². The number of fused-ring (bicyclic) bond motifs is 1. The summed E-state index contributed by atoms with van der Waals surface area (Å²) in [5, 5.41) is 0. The fourth-order valence-electron chi connectivity index (χ4n) is 4.19. The van der Waals surface area contributed by atoms with E-state index in [4.69, 9.17) is 19.2 Å². The molecule has 5 heteroatoms. The van der Waals surface area contributed by atoms with Crippen molar-refractivity contribution in [3.8, 4) is 17.2 Å². The van der Waals surface area contributed by atoms with Gasteiger partial charge in [0.25, 0.3) is 0 Å². The number of para-hydroxylation sites is 2. The van der Waals surface area contributed by atoms with Gasteiger partial charge >= 0.3 is 0 Å². The van der Waals surface area contributed by atoms with E-state index in [1.54, 1.807) is 14.2 Å². The minimum Gasteiger partial charge on any atom is -0.494 e. The molecule has 0 aliphatic carbocycles. The minimum absolute atomic E-state index is 0.534. The molecule has 0 bridgehead atoms. The van der Waals surface area contributed by atoms with Crippen molar-refractivity contribution in [3.05, 3.63) is 83.7 Å². The second-order valence-electron chi connectivity index (χ2n) is 8.81. The number of rotatable bonds is 11. The average Bonchev–Trinajstić information content (AvgIpc) is 3.20. The van der Waals surface area contributed by atoms with E-state index in [9.17, 15) is 0 Å². The number of aromatic nitrogens is 2. The zero-order valence-corrected chi connectivity index (χ0v) is 20.6. The molecule has 0 radical (unpaired) electrons. The first kappa shape index (κ1) is 23.7. The minimum atomic E-state index is 0.534. The molecule has 0 aliphatic rings. The van der Waals surface area contributed by atoms with Gasteiger partial charge in [0.1, 0.15) is 11.6 Å². The third-order valence-corrected chi connectivity index (χ3v) is 6.14. The van der Waals surface area contributed by atoms with Crippen LogP contribution in [0.25, 0.3) is 11.0 Å². The lowest BCUT2D eigenvalue weighted by molar-refractivity contribution is 0.303. The van der Waals surface area contributed by atoms with Gasteiger partial charge in [-0.15, -0.1) is 0 Å². The molecule has 0 amide bonds. The average molecular weight is 459 g/mol. The van der Waals surface area contributed by atoms with Crippen molar-refractivity contribution in [1.82, 2.24) is 9.55 Å². The fourth-order valence-corrected chi connectivity index (χ4v) is 4.19. The van der Waals surface area contributed by atoms with Gasteiger partial charge in [0.05, 0.1) is 31.9 Å². The highest BCUT2D eigenvalue weighted by Crippen LogP contribution is 2.29. The lowest BCUT2D eigenvalue weighted by atomic mass is 10.0. The van der Waals surface area contributed by atoms with Crippen LogP contribution in [-0.4, -0.2) is 30.4 Å². The number of nitrogens with zero attached hydrogens (tertiary/aromatic N) is 2. The number of aryl methyl sites for hydroxylation is 1. The standard InChI is InChI=1S/C29H34N2O3/c1-21(2)23-12-14-24(15-13-23)34-18-8-7-17-31-26-10-6-5-9-25(26)30-29(31)20-22-11-16-27(32-3)28(19-22)33-4/h5-6,9-16,19,21H,7-8,17-18,20H2,1-4H3. The second kappa shape index (κ2) is 11.1. The van der Waals surface area contributed by atoms with Gasteiger partial charge in [-0.25, -0.2) is 4.98 Å². The molecule has 0 N–H and O–H groups in total. The zero-order valence-electron chi connectivity index (χ0n) is 20.6. The normalized spacial score (nSPS) is 11.2. The van der Waals surface area contributed by atoms with E-state index in [1.165, 1.54) is 11.1 Å². The van der Waals surface area contributed by atoms with Gasteiger partial charge in [0, 0.05) is 13.0 Å². The summed E-state index contributed by atoms with van der Waals surface area (Å²) >= 11 is 0. The van der Waals surface area contributed by atoms with Crippen LogP contribution in [-0.2, 0) is 13.0 Å². The topological polar surface area (TPSA) is 45.5 Å². The first-order valence-corrected chi connectivity index (χ1v) is 12.0. The maximum absolute atomic E-state index is 5.97. The summed E-state index contributed by atoms with van der Waals surface area (Å²) in [5.74, 6) is 4.00. The molecule has 1 heterocycles. The van der Waals surface area contributed by atoms with Crippen LogP contribution < -0.4 is 14.2 Å². The van der Waals surface area contributed by atoms with Gasteiger partial charge in [-0.3, -0.25) is 0 Å². The lowest BCUT2D eigenvalue weighted by Crippen LogP contribution is -2.07. The summed E-state index contributed by atoms with van der Waals surface area (Å²) in [6.45, 7) is 6.02. The first-order valence-electron chi connectivity index (χ1n) is 12.0. The van der Waals surface area contributed by atoms with E-state index in [0.29, 0.717) is 12.5 Å². The van der Waals surface area contributed by atoms with Crippen LogP contribution in [0.15, 0.2) is 66.7 Å². The highest BCUT2D eigenvalue weighted by atomic mass is 16.5. The summed E-state index contributed by atoms with van der Waals surface area (Å²) in [5.41, 5.74) is 4.67. The predicted molar refractivity (Wildman–Crippen MR) is 137 cm³/mol. The number of hydrogen-bond donors (Lipinski definition) is 0. The predicted octanol–water partition coefficient (Wildman–Crippen LogP) is 6.63. The lowest BCUT2D eigenvalue weighted by Gasteiger charge is -2.12. The van der Waals surface area contributed by atoms with Crippen LogP contribution in [0.1, 0.15) is 49.6 Å². The number of imidazole rings is 1. The molecule has 4 aromatic rings. The molecule has 0 saturated carbocycles. The summed E-state index contributed by atoms with van der Waals surface area (Å²) < 4.78 is 19.2.